The van der Waals surface area contributed by atoms with Crippen LogP contribution in [0.4, 0.5) is 4.79 Å². The Morgan fingerprint density at radius 3 is 2.54 bits per heavy atom. The SMILES string of the molecule is CCOC(=O)N1CCC(NC(=NC)NCCOCCOC)CC1.I. The van der Waals surface area contributed by atoms with E-state index < -0.39 is 0 Å². The predicted octanol–water partition coefficient (Wildman–Crippen LogP) is 1.05. The first-order chi connectivity index (χ1) is 11.2. The minimum absolute atomic E-state index is 0. The molecule has 1 amide bonds. The molecule has 0 radical (unpaired) electrons. The standard InChI is InChI=1S/C15H30N4O4.HI/c1-4-23-15(20)19-8-5-13(6-9-19)18-14(16-2)17-7-10-22-12-11-21-3;/h13H,4-12H2,1-3H3,(H2,16,17,18);1H. The van der Waals surface area contributed by atoms with Crippen molar-refractivity contribution in [2.45, 2.75) is 25.8 Å². The van der Waals surface area contributed by atoms with E-state index in [4.69, 9.17) is 14.2 Å². The normalized spacial score (nSPS) is 15.6. The molecule has 24 heavy (non-hydrogen) atoms. The van der Waals surface area contributed by atoms with Crippen molar-refractivity contribution in [3.8, 4) is 0 Å². The van der Waals surface area contributed by atoms with Gasteiger partial charge in [0.1, 0.15) is 0 Å². The molecule has 0 aromatic rings. The minimum atomic E-state index is -0.221. The molecule has 0 aromatic carbocycles. The molecular formula is C15H31IN4O4. The van der Waals surface area contributed by atoms with Crippen molar-refractivity contribution < 1.29 is 19.0 Å². The van der Waals surface area contributed by atoms with Crippen LogP contribution in [0.5, 0.6) is 0 Å². The van der Waals surface area contributed by atoms with Crippen LogP contribution in [0.25, 0.3) is 0 Å². The van der Waals surface area contributed by atoms with E-state index in [0.29, 0.717) is 52.1 Å². The summed E-state index contributed by atoms with van der Waals surface area (Å²) in [5.41, 5.74) is 0. The van der Waals surface area contributed by atoms with Crippen LogP contribution in [0.15, 0.2) is 4.99 Å². The first-order valence-corrected chi connectivity index (χ1v) is 8.16. The summed E-state index contributed by atoms with van der Waals surface area (Å²) >= 11 is 0. The number of carbonyl (C=O) groups is 1. The molecule has 8 nitrogen and oxygen atoms in total. The van der Waals surface area contributed by atoms with Gasteiger partial charge >= 0.3 is 6.09 Å². The van der Waals surface area contributed by atoms with Crippen LogP contribution in [0.1, 0.15) is 19.8 Å². The summed E-state index contributed by atoms with van der Waals surface area (Å²) in [6.45, 7) is 6.13. The van der Waals surface area contributed by atoms with Crippen LogP contribution in [-0.4, -0.2) is 83.2 Å². The van der Waals surface area contributed by atoms with Gasteiger partial charge in [0.2, 0.25) is 0 Å². The van der Waals surface area contributed by atoms with Gasteiger partial charge in [-0.3, -0.25) is 4.99 Å². The molecule has 1 aliphatic heterocycles. The smallest absolute Gasteiger partial charge is 0.409 e. The van der Waals surface area contributed by atoms with Gasteiger partial charge in [0.15, 0.2) is 5.96 Å². The second-order valence-electron chi connectivity index (χ2n) is 5.21. The molecule has 1 fully saturated rings. The fourth-order valence-corrected chi connectivity index (χ4v) is 2.30. The molecule has 0 aromatic heterocycles. The highest BCUT2D eigenvalue weighted by molar-refractivity contribution is 14.0. The van der Waals surface area contributed by atoms with Crippen molar-refractivity contribution in [1.82, 2.24) is 15.5 Å². The Bertz CT molecular complexity index is 363. The lowest BCUT2D eigenvalue weighted by Crippen LogP contribution is -2.50. The number of carbonyl (C=O) groups excluding carboxylic acids is 1. The molecule has 0 bridgehead atoms. The Balaban J connectivity index is 0.00000529. The van der Waals surface area contributed by atoms with Crippen molar-refractivity contribution in [2.24, 2.45) is 4.99 Å². The van der Waals surface area contributed by atoms with Crippen molar-refractivity contribution in [3.05, 3.63) is 0 Å². The summed E-state index contributed by atoms with van der Waals surface area (Å²) in [5.74, 6) is 0.759. The average Bonchev–Trinajstić information content (AvgIpc) is 2.57. The number of amides is 1. The Labute approximate surface area is 161 Å². The summed E-state index contributed by atoms with van der Waals surface area (Å²) in [4.78, 5) is 17.6. The van der Waals surface area contributed by atoms with Crippen molar-refractivity contribution in [3.63, 3.8) is 0 Å². The lowest BCUT2D eigenvalue weighted by atomic mass is 10.1. The number of nitrogens with zero attached hydrogens (tertiary/aromatic N) is 2. The van der Waals surface area contributed by atoms with E-state index in [1.165, 1.54) is 0 Å². The summed E-state index contributed by atoms with van der Waals surface area (Å²) < 4.78 is 15.3. The highest BCUT2D eigenvalue weighted by Gasteiger charge is 2.23. The van der Waals surface area contributed by atoms with E-state index in [-0.39, 0.29) is 30.1 Å². The molecule has 0 saturated carbocycles. The Kier molecular flexibility index (Phi) is 14.0. The number of halogens is 1. The highest BCUT2D eigenvalue weighted by Crippen LogP contribution is 2.11. The first-order valence-electron chi connectivity index (χ1n) is 8.16. The van der Waals surface area contributed by atoms with E-state index in [1.54, 1.807) is 19.1 Å². The zero-order valence-electron chi connectivity index (χ0n) is 14.9. The minimum Gasteiger partial charge on any atom is -0.450 e. The Hall–Kier alpha value is -0.810. The molecule has 1 rings (SSSR count). The number of guanidine groups is 1. The number of nitrogens with one attached hydrogen (secondary N) is 2. The summed E-state index contributed by atoms with van der Waals surface area (Å²) in [7, 11) is 3.40. The lowest BCUT2D eigenvalue weighted by molar-refractivity contribution is 0.0732. The molecule has 0 atom stereocenters. The van der Waals surface area contributed by atoms with Gasteiger partial charge in [0, 0.05) is 39.8 Å². The molecule has 1 aliphatic rings. The quantitative estimate of drug-likeness (QED) is 0.245. The van der Waals surface area contributed by atoms with E-state index in [1.807, 2.05) is 6.92 Å². The van der Waals surface area contributed by atoms with Crippen LogP contribution < -0.4 is 10.6 Å². The molecule has 0 spiro atoms. The van der Waals surface area contributed by atoms with E-state index >= 15 is 0 Å². The van der Waals surface area contributed by atoms with Gasteiger partial charge in [-0.25, -0.2) is 4.79 Å². The maximum absolute atomic E-state index is 11.7. The van der Waals surface area contributed by atoms with Gasteiger partial charge in [0.05, 0.1) is 26.4 Å². The maximum atomic E-state index is 11.7. The molecule has 1 saturated heterocycles. The molecule has 1 heterocycles. The van der Waals surface area contributed by atoms with Crippen molar-refractivity contribution in [1.29, 1.82) is 0 Å². The van der Waals surface area contributed by atoms with Gasteiger partial charge < -0.3 is 29.7 Å². The number of aliphatic imine (C=N–C) groups is 1. The second kappa shape index (κ2) is 14.5. The number of ether oxygens (including phenoxy) is 3. The topological polar surface area (TPSA) is 84.4 Å². The van der Waals surface area contributed by atoms with Gasteiger partial charge in [0.25, 0.3) is 0 Å². The number of hydrogen-bond donors (Lipinski definition) is 2. The molecule has 9 heteroatoms. The number of likely N-dealkylation sites (tertiary alicyclic amines) is 1. The molecular weight excluding hydrogens is 427 g/mol. The largest absolute Gasteiger partial charge is 0.450 e. The zero-order valence-corrected chi connectivity index (χ0v) is 17.2. The molecule has 0 unspecified atom stereocenters. The third-order valence-electron chi connectivity index (χ3n) is 3.56. The molecule has 0 aliphatic carbocycles. The van der Waals surface area contributed by atoms with Crippen LogP contribution >= 0.6 is 24.0 Å². The van der Waals surface area contributed by atoms with Crippen LogP contribution in [0, 0.1) is 0 Å². The second-order valence-corrected chi connectivity index (χ2v) is 5.21. The fraction of sp³-hybridized carbons (Fsp3) is 0.867. The fourth-order valence-electron chi connectivity index (χ4n) is 2.30. The van der Waals surface area contributed by atoms with Crippen LogP contribution in [-0.2, 0) is 14.2 Å². The number of piperidine rings is 1. The summed E-state index contributed by atoms with van der Waals surface area (Å²) in [6, 6.07) is 0.307. The van der Waals surface area contributed by atoms with Gasteiger partial charge in [-0.2, -0.15) is 0 Å². The van der Waals surface area contributed by atoms with Crippen LogP contribution in [0.3, 0.4) is 0 Å². The Morgan fingerprint density at radius 2 is 1.96 bits per heavy atom. The lowest BCUT2D eigenvalue weighted by Gasteiger charge is -2.32. The van der Waals surface area contributed by atoms with Gasteiger partial charge in [-0.05, 0) is 19.8 Å². The third-order valence-corrected chi connectivity index (χ3v) is 3.56. The maximum Gasteiger partial charge on any atom is 0.409 e. The highest BCUT2D eigenvalue weighted by atomic mass is 127. The summed E-state index contributed by atoms with van der Waals surface area (Å²) in [6.07, 6.45) is 1.54. The van der Waals surface area contributed by atoms with Gasteiger partial charge in [-0.15, -0.1) is 24.0 Å². The van der Waals surface area contributed by atoms with Crippen molar-refractivity contribution in [2.75, 3.05) is 60.2 Å². The number of hydrogen-bond acceptors (Lipinski definition) is 5. The molecule has 2 N–H and O–H groups in total. The van der Waals surface area contributed by atoms with Gasteiger partial charge in [-0.1, -0.05) is 0 Å². The van der Waals surface area contributed by atoms with Crippen LogP contribution in [0.2, 0.25) is 0 Å². The summed E-state index contributed by atoms with van der Waals surface area (Å²) in [5, 5.41) is 6.59. The monoisotopic (exact) mass is 458 g/mol. The first kappa shape index (κ1) is 23.2. The van der Waals surface area contributed by atoms with Crippen molar-refractivity contribution >= 4 is 36.0 Å². The predicted molar refractivity (Wildman–Crippen MR) is 104 cm³/mol. The molecule has 142 valence electrons. The number of rotatable bonds is 8. The Morgan fingerprint density at radius 1 is 1.25 bits per heavy atom. The van der Waals surface area contributed by atoms with E-state index in [9.17, 15) is 4.79 Å². The van der Waals surface area contributed by atoms with E-state index in [2.05, 4.69) is 15.6 Å². The third kappa shape index (κ3) is 9.48. The average molecular weight is 458 g/mol. The number of methoxy groups -OCH3 is 1. The zero-order chi connectivity index (χ0) is 16.9. The van der Waals surface area contributed by atoms with E-state index in [0.717, 1.165) is 18.8 Å².